The zero-order chi connectivity index (χ0) is 30.9. The molecule has 1 heterocycles. The van der Waals surface area contributed by atoms with Crippen LogP contribution in [-0.2, 0) is 5.41 Å². The van der Waals surface area contributed by atoms with E-state index in [1.165, 1.54) is 30.9 Å². The van der Waals surface area contributed by atoms with Crippen molar-refractivity contribution in [1.82, 2.24) is 9.80 Å². The highest BCUT2D eigenvalue weighted by Gasteiger charge is 2.84. The number of hydrogen-bond acceptors (Lipinski definition) is 2. The van der Waals surface area contributed by atoms with Crippen LogP contribution in [0, 0.1) is 0 Å². The molecule has 1 aromatic rings. The van der Waals surface area contributed by atoms with Crippen LogP contribution < -0.4 is 5.32 Å². The second-order valence-corrected chi connectivity index (χ2v) is 8.79. The van der Waals surface area contributed by atoms with Gasteiger partial charge in [-0.05, 0) is 37.6 Å². The maximum atomic E-state index is 13.4. The first-order valence-electron chi connectivity index (χ1n) is 11.3. The Morgan fingerprint density at radius 2 is 1.40 bits per heavy atom. The van der Waals surface area contributed by atoms with Gasteiger partial charge in [-0.3, -0.25) is 0 Å². The van der Waals surface area contributed by atoms with Crippen LogP contribution in [0.2, 0.25) is 0 Å². The summed E-state index contributed by atoms with van der Waals surface area (Å²) in [7, 11) is 0. The van der Waals surface area contributed by atoms with Crippen LogP contribution in [0.4, 0.5) is 63.2 Å². The maximum Gasteiger partial charge on any atom is 0.418 e. The molecule has 0 spiro atoms. The minimum absolute atomic E-state index is 0.0365. The summed E-state index contributed by atoms with van der Waals surface area (Å²) in [5.41, 5.74) is -10.1. The van der Waals surface area contributed by atoms with Gasteiger partial charge in [0.2, 0.25) is 0 Å². The van der Waals surface area contributed by atoms with Crippen molar-refractivity contribution < 1.29 is 57.5 Å². The summed E-state index contributed by atoms with van der Waals surface area (Å²) in [6.45, 7) is 6.10. The molecule has 1 atom stereocenters. The molecule has 1 unspecified atom stereocenters. The van der Waals surface area contributed by atoms with E-state index in [2.05, 4.69) is 11.9 Å². The molecular formula is C24H23F12N3O. The molecule has 40 heavy (non-hydrogen) atoms. The normalized spacial score (nSPS) is 18.4. The lowest BCUT2D eigenvalue weighted by atomic mass is 9.78. The van der Waals surface area contributed by atoms with Crippen molar-refractivity contribution in [2.75, 3.05) is 25.0 Å². The Labute approximate surface area is 220 Å². The Morgan fingerprint density at radius 1 is 0.900 bits per heavy atom. The number of benzene rings is 1. The number of piperazine rings is 1. The molecule has 224 valence electrons. The number of amides is 2. The first kappa shape index (κ1) is 32.9. The number of urea groups is 1. The quantitative estimate of drug-likeness (QED) is 0.279. The fourth-order valence-electron chi connectivity index (χ4n) is 4.19. The average molecular weight is 597 g/mol. The third-order valence-corrected chi connectivity index (χ3v) is 6.19. The molecular weight excluding hydrogens is 574 g/mol. The molecule has 1 aromatic carbocycles. The lowest BCUT2D eigenvalue weighted by Gasteiger charge is -2.42. The highest BCUT2D eigenvalue weighted by molar-refractivity contribution is 5.89. The molecule has 1 aliphatic rings. The van der Waals surface area contributed by atoms with Crippen LogP contribution in [0.15, 0.2) is 60.3 Å². The van der Waals surface area contributed by atoms with Crippen LogP contribution in [-0.4, -0.2) is 66.2 Å². The van der Waals surface area contributed by atoms with E-state index in [1.54, 1.807) is 0 Å². The molecule has 0 aliphatic carbocycles. The Hall–Kier alpha value is -3.33. The minimum atomic E-state index is -6.79. The predicted molar refractivity (Wildman–Crippen MR) is 121 cm³/mol. The number of nitrogens with zero attached hydrogens (tertiary/aromatic N) is 2. The SMILES string of the molecule is C=C(/C(=C\C=C/C)C(F)(F)F)N1CCN(C(=O)Nc2ccc(C(C(F)(F)F)(C(F)(F)F)C(F)(F)F)cc2)C(C)C1. The van der Waals surface area contributed by atoms with Crippen molar-refractivity contribution in [1.29, 1.82) is 0 Å². The summed E-state index contributed by atoms with van der Waals surface area (Å²) in [5, 5.41) is 2.16. The zero-order valence-electron chi connectivity index (χ0n) is 20.8. The van der Waals surface area contributed by atoms with Gasteiger partial charge < -0.3 is 15.1 Å². The fraction of sp³-hybridized carbons (Fsp3) is 0.458. The second-order valence-electron chi connectivity index (χ2n) is 8.79. The molecule has 1 N–H and O–H groups in total. The highest BCUT2D eigenvalue weighted by Crippen LogP contribution is 2.60. The third-order valence-electron chi connectivity index (χ3n) is 6.19. The van der Waals surface area contributed by atoms with Crippen LogP contribution in [0.5, 0.6) is 0 Å². The van der Waals surface area contributed by atoms with Gasteiger partial charge >= 0.3 is 30.7 Å². The van der Waals surface area contributed by atoms with E-state index < -0.39 is 59.0 Å². The van der Waals surface area contributed by atoms with Crippen LogP contribution in [0.3, 0.4) is 0 Å². The van der Waals surface area contributed by atoms with Gasteiger partial charge in [0.15, 0.2) is 0 Å². The Kier molecular flexibility index (Phi) is 9.27. The van der Waals surface area contributed by atoms with Gasteiger partial charge in [0.25, 0.3) is 5.41 Å². The maximum absolute atomic E-state index is 13.4. The molecule has 2 amide bonds. The van der Waals surface area contributed by atoms with Crippen LogP contribution in [0.1, 0.15) is 19.4 Å². The molecule has 4 nitrogen and oxygen atoms in total. The van der Waals surface area contributed by atoms with E-state index in [9.17, 15) is 57.5 Å². The molecule has 0 aromatic heterocycles. The first-order chi connectivity index (χ1) is 18.1. The number of carbonyl (C=O) groups is 1. The van der Waals surface area contributed by atoms with E-state index in [0.717, 1.165) is 11.0 Å². The molecule has 0 radical (unpaired) electrons. The number of halogens is 12. The summed E-state index contributed by atoms with van der Waals surface area (Å²) in [5.74, 6) is 0. The number of nitrogens with one attached hydrogen (secondary N) is 1. The second kappa shape index (κ2) is 11.3. The van der Waals surface area contributed by atoms with Crippen molar-refractivity contribution in [2.45, 2.75) is 50.0 Å². The van der Waals surface area contributed by atoms with Crippen LogP contribution >= 0.6 is 0 Å². The number of alkyl halides is 12. The number of allylic oxidation sites excluding steroid dienone is 4. The van der Waals surface area contributed by atoms with Gasteiger partial charge in [-0.15, -0.1) is 0 Å². The number of anilines is 1. The van der Waals surface area contributed by atoms with E-state index in [1.807, 2.05) is 0 Å². The summed E-state index contributed by atoms with van der Waals surface area (Å²) in [4.78, 5) is 15.1. The molecule has 1 aliphatic heterocycles. The predicted octanol–water partition coefficient (Wildman–Crippen LogP) is 7.73. The lowest BCUT2D eigenvalue weighted by molar-refractivity contribution is -0.387. The van der Waals surface area contributed by atoms with Gasteiger partial charge in [-0.2, -0.15) is 52.7 Å². The van der Waals surface area contributed by atoms with E-state index in [-0.39, 0.29) is 37.5 Å². The average Bonchev–Trinajstić information content (AvgIpc) is 2.76. The smallest absolute Gasteiger partial charge is 0.368 e. The molecule has 0 saturated carbocycles. The summed E-state index contributed by atoms with van der Waals surface area (Å²) in [6, 6.07) is -0.837. The highest BCUT2D eigenvalue weighted by atomic mass is 19.4. The van der Waals surface area contributed by atoms with Crippen molar-refractivity contribution in [2.24, 2.45) is 0 Å². The van der Waals surface area contributed by atoms with E-state index in [4.69, 9.17) is 0 Å². The number of carbonyl (C=O) groups excluding carboxylic acids is 1. The number of hydrogen-bond donors (Lipinski definition) is 1. The molecule has 0 bridgehead atoms. The fourth-order valence-corrected chi connectivity index (χ4v) is 4.19. The molecule has 2 rings (SSSR count). The van der Waals surface area contributed by atoms with Gasteiger partial charge in [0.05, 0.1) is 5.57 Å². The van der Waals surface area contributed by atoms with E-state index in [0.29, 0.717) is 12.1 Å². The number of rotatable bonds is 5. The summed E-state index contributed by atoms with van der Waals surface area (Å²) >= 11 is 0. The van der Waals surface area contributed by atoms with Crippen molar-refractivity contribution in [3.8, 4) is 0 Å². The summed E-state index contributed by atoms with van der Waals surface area (Å²) < 4.78 is 160. The molecule has 1 fully saturated rings. The van der Waals surface area contributed by atoms with Crippen molar-refractivity contribution in [3.63, 3.8) is 0 Å². The lowest BCUT2D eigenvalue weighted by Crippen LogP contribution is -2.63. The Bertz CT molecular complexity index is 1090. The largest absolute Gasteiger partial charge is 0.418 e. The third kappa shape index (κ3) is 6.35. The van der Waals surface area contributed by atoms with Gasteiger partial charge in [0, 0.05) is 37.1 Å². The summed E-state index contributed by atoms with van der Waals surface area (Å²) in [6.07, 6.45) is -21.7. The topological polar surface area (TPSA) is 35.6 Å². The van der Waals surface area contributed by atoms with E-state index >= 15 is 0 Å². The molecule has 1 saturated heterocycles. The van der Waals surface area contributed by atoms with Crippen molar-refractivity contribution in [3.05, 3.63) is 65.9 Å². The monoisotopic (exact) mass is 597 g/mol. The molecule has 16 heteroatoms. The minimum Gasteiger partial charge on any atom is -0.368 e. The first-order valence-corrected chi connectivity index (χ1v) is 11.3. The van der Waals surface area contributed by atoms with Gasteiger partial charge in [-0.25, -0.2) is 4.79 Å². The van der Waals surface area contributed by atoms with Gasteiger partial charge in [-0.1, -0.05) is 30.9 Å². The Morgan fingerprint density at radius 3 is 1.80 bits per heavy atom. The zero-order valence-corrected chi connectivity index (χ0v) is 20.8. The Balaban J connectivity index is 2.23. The van der Waals surface area contributed by atoms with Crippen molar-refractivity contribution >= 4 is 11.7 Å². The van der Waals surface area contributed by atoms with Crippen LogP contribution in [0.25, 0.3) is 0 Å². The van der Waals surface area contributed by atoms with Gasteiger partial charge in [0.1, 0.15) is 0 Å². The standard InChI is InChI=1S/C24H23F12N3O/c1-4-5-6-18(21(25,26)27)15(3)38-11-12-39(14(2)13-38)19(40)37-17-9-7-16(8-10-17)20(22(28,29)30,23(31,32)33)24(34,35)36/h4-10,14H,3,11-13H2,1-2H3,(H,37,40)/b5-4-,18-6+.